The quantitative estimate of drug-likeness (QED) is 0.577. The van der Waals surface area contributed by atoms with Gasteiger partial charge in [0.25, 0.3) is 5.85 Å². The highest BCUT2D eigenvalue weighted by atomic mass is 19.3. The molecule has 0 aromatic rings. The summed E-state index contributed by atoms with van der Waals surface area (Å²) in [7, 11) is 0. The van der Waals surface area contributed by atoms with E-state index in [0.29, 0.717) is 0 Å². The van der Waals surface area contributed by atoms with E-state index >= 15 is 0 Å². The summed E-state index contributed by atoms with van der Waals surface area (Å²) in [5.41, 5.74) is 0. The molecule has 0 aromatic carbocycles. The van der Waals surface area contributed by atoms with Gasteiger partial charge in [-0.05, 0) is 39.8 Å². The van der Waals surface area contributed by atoms with Crippen LogP contribution in [0.15, 0.2) is 12.2 Å². The van der Waals surface area contributed by atoms with Crippen molar-refractivity contribution >= 4 is 0 Å². The van der Waals surface area contributed by atoms with Gasteiger partial charge in [-0.25, -0.2) is 4.39 Å². The normalized spacial score (nSPS) is 35.8. The molecule has 0 N–H and O–H groups in total. The van der Waals surface area contributed by atoms with E-state index in [2.05, 4.69) is 9.47 Å². The zero-order chi connectivity index (χ0) is 16.0. The second kappa shape index (κ2) is 4.91. The summed E-state index contributed by atoms with van der Waals surface area (Å²) in [5.74, 6) is -18.8. The number of hydrogen-bond acceptors (Lipinski definition) is 2. The molecule has 1 rings (SSSR count). The number of rotatable bonds is 4. The van der Waals surface area contributed by atoms with Crippen molar-refractivity contribution in [2.45, 2.75) is 63.5 Å². The summed E-state index contributed by atoms with van der Waals surface area (Å²) in [6, 6.07) is 0. The van der Waals surface area contributed by atoms with Crippen LogP contribution in [-0.2, 0) is 9.47 Å². The fourth-order valence-corrected chi connectivity index (χ4v) is 1.79. The molecule has 118 valence electrons. The van der Waals surface area contributed by atoms with Gasteiger partial charge in [0.1, 0.15) is 0 Å². The Kier molecular flexibility index (Phi) is 4.24. The first kappa shape index (κ1) is 17.3. The number of alkyl halides is 6. The lowest BCUT2D eigenvalue weighted by Gasteiger charge is -2.46. The number of allylic oxidation sites excluding steroid dienone is 1. The lowest BCUT2D eigenvalue weighted by atomic mass is 9.89. The molecule has 0 saturated carbocycles. The minimum atomic E-state index is -5.43. The molecular weight excluding hydrogens is 290 g/mol. The monoisotopic (exact) mass is 306 g/mol. The lowest BCUT2D eigenvalue weighted by Crippen LogP contribution is -2.70. The first-order chi connectivity index (χ1) is 8.79. The van der Waals surface area contributed by atoms with E-state index in [0.717, 1.165) is 13.8 Å². The van der Waals surface area contributed by atoms with Gasteiger partial charge in [-0.3, -0.25) is 0 Å². The second-order valence-electron chi connectivity index (χ2n) is 5.10. The average molecular weight is 306 g/mol. The van der Waals surface area contributed by atoms with Gasteiger partial charge < -0.3 is 9.47 Å². The Hall–Kier alpha value is -0.760. The zero-order valence-electron chi connectivity index (χ0n) is 11.4. The smallest absolute Gasteiger partial charge is 0.335 e. The van der Waals surface area contributed by atoms with E-state index in [1.807, 2.05) is 0 Å². The van der Waals surface area contributed by atoms with Crippen molar-refractivity contribution in [3.63, 3.8) is 0 Å². The van der Waals surface area contributed by atoms with Crippen LogP contribution in [0.2, 0.25) is 0 Å². The summed E-state index contributed by atoms with van der Waals surface area (Å²) in [5, 5.41) is 0. The fourth-order valence-electron chi connectivity index (χ4n) is 1.79. The highest BCUT2D eigenvalue weighted by Crippen LogP contribution is 2.56. The van der Waals surface area contributed by atoms with Crippen molar-refractivity contribution in [1.82, 2.24) is 0 Å². The second-order valence-corrected chi connectivity index (χ2v) is 5.10. The van der Waals surface area contributed by atoms with Gasteiger partial charge in [0.2, 0.25) is 0 Å². The third-order valence-electron chi connectivity index (χ3n) is 2.57. The van der Waals surface area contributed by atoms with Gasteiger partial charge in [-0.2, -0.15) is 22.0 Å². The molecule has 0 heterocycles. The van der Waals surface area contributed by atoms with E-state index in [9.17, 15) is 26.3 Å². The van der Waals surface area contributed by atoms with Crippen molar-refractivity contribution in [3.8, 4) is 0 Å². The molecule has 2 atom stereocenters. The number of halogens is 6. The van der Waals surface area contributed by atoms with E-state index in [4.69, 9.17) is 0 Å². The van der Waals surface area contributed by atoms with Crippen LogP contribution in [-0.4, -0.2) is 35.8 Å². The van der Waals surface area contributed by atoms with Crippen LogP contribution in [0.25, 0.3) is 0 Å². The van der Waals surface area contributed by atoms with Crippen LogP contribution < -0.4 is 0 Å². The van der Waals surface area contributed by atoms with E-state index in [-0.39, 0.29) is 6.08 Å². The predicted molar refractivity (Wildman–Crippen MR) is 59.2 cm³/mol. The molecule has 2 unspecified atom stereocenters. The Morgan fingerprint density at radius 3 is 1.60 bits per heavy atom. The summed E-state index contributed by atoms with van der Waals surface area (Å²) in [4.78, 5) is 0. The highest BCUT2D eigenvalue weighted by Gasteiger charge is 2.81. The zero-order valence-corrected chi connectivity index (χ0v) is 11.4. The van der Waals surface area contributed by atoms with E-state index in [1.54, 1.807) is 0 Å². The van der Waals surface area contributed by atoms with E-state index < -0.39 is 41.8 Å². The van der Waals surface area contributed by atoms with Gasteiger partial charge >= 0.3 is 17.7 Å². The molecule has 0 amide bonds. The molecule has 0 spiro atoms. The Morgan fingerprint density at radius 1 is 0.750 bits per heavy atom. The Labute approximate surface area is 112 Å². The molecule has 20 heavy (non-hydrogen) atoms. The molecule has 8 heteroatoms. The minimum Gasteiger partial charge on any atom is -0.335 e. The third-order valence-corrected chi connectivity index (χ3v) is 2.57. The Bertz CT molecular complexity index is 395. The third kappa shape index (κ3) is 2.43. The minimum absolute atomic E-state index is 0.0627. The van der Waals surface area contributed by atoms with Crippen molar-refractivity contribution in [2.24, 2.45) is 0 Å². The largest absolute Gasteiger partial charge is 0.377 e. The fraction of sp³-hybridized carbons (Fsp3) is 0.833. The van der Waals surface area contributed by atoms with Crippen LogP contribution in [0.5, 0.6) is 0 Å². The van der Waals surface area contributed by atoms with Gasteiger partial charge in [-0.1, -0.05) is 0 Å². The molecule has 0 aromatic heterocycles. The maximum absolute atomic E-state index is 14.5. The van der Waals surface area contributed by atoms with Crippen molar-refractivity contribution in [2.75, 3.05) is 0 Å². The summed E-state index contributed by atoms with van der Waals surface area (Å²) >= 11 is 0. The topological polar surface area (TPSA) is 18.5 Å². The number of hydrogen-bond donors (Lipinski definition) is 0. The van der Waals surface area contributed by atoms with Crippen molar-refractivity contribution in [1.29, 1.82) is 0 Å². The molecule has 0 aliphatic heterocycles. The van der Waals surface area contributed by atoms with Gasteiger partial charge in [0.15, 0.2) is 0 Å². The summed E-state index contributed by atoms with van der Waals surface area (Å²) in [6.45, 7) is 4.72. The Balaban J connectivity index is 3.43. The van der Waals surface area contributed by atoms with Crippen molar-refractivity contribution < 1.29 is 35.8 Å². The molecule has 0 fully saturated rings. The van der Waals surface area contributed by atoms with E-state index in [1.165, 1.54) is 13.8 Å². The van der Waals surface area contributed by atoms with Gasteiger partial charge in [0, 0.05) is 0 Å². The highest BCUT2D eigenvalue weighted by molar-refractivity contribution is 5.24. The lowest BCUT2D eigenvalue weighted by molar-refractivity contribution is -0.425. The molecular formula is C12H16F6O2. The standard InChI is InChI=1S/C12H16F6O2/c1-7(2)19-10(15)6-5-9(13,14)11(16,17)12(10,18)20-8(3)4/h5-8H,1-4H3. The molecule has 2 nitrogen and oxygen atoms in total. The number of ether oxygens (including phenoxy) is 2. The van der Waals surface area contributed by atoms with Crippen LogP contribution in [0, 0.1) is 0 Å². The van der Waals surface area contributed by atoms with Gasteiger partial charge in [-0.15, -0.1) is 0 Å². The Morgan fingerprint density at radius 2 is 1.20 bits per heavy atom. The molecule has 0 bridgehead atoms. The van der Waals surface area contributed by atoms with Crippen LogP contribution in [0.3, 0.4) is 0 Å². The van der Waals surface area contributed by atoms with Crippen LogP contribution >= 0.6 is 0 Å². The maximum atomic E-state index is 14.5. The SMILES string of the molecule is CC(C)OC1(F)C=CC(F)(F)C(F)(F)C1(F)OC(C)C. The van der Waals surface area contributed by atoms with Crippen molar-refractivity contribution in [3.05, 3.63) is 12.2 Å². The molecule has 0 saturated heterocycles. The predicted octanol–water partition coefficient (Wildman–Crippen LogP) is 4.01. The first-order valence-electron chi connectivity index (χ1n) is 5.98. The summed E-state index contributed by atoms with van der Waals surface area (Å²) in [6.07, 6.45) is -2.76. The average Bonchev–Trinajstić information content (AvgIpc) is 2.22. The van der Waals surface area contributed by atoms with Crippen LogP contribution in [0.4, 0.5) is 26.3 Å². The molecule has 1 aliphatic rings. The van der Waals surface area contributed by atoms with Crippen LogP contribution in [0.1, 0.15) is 27.7 Å². The maximum Gasteiger partial charge on any atom is 0.377 e. The molecule has 0 radical (unpaired) electrons. The first-order valence-corrected chi connectivity index (χ1v) is 5.98. The molecule has 1 aliphatic carbocycles. The van der Waals surface area contributed by atoms with Gasteiger partial charge in [0.05, 0.1) is 12.2 Å². The summed E-state index contributed by atoms with van der Waals surface area (Å²) < 4.78 is 91.5.